The Labute approximate surface area is 114 Å². The van der Waals surface area contributed by atoms with Crippen LogP contribution >= 0.6 is 11.3 Å². The topological polar surface area (TPSA) is 35.8 Å². The van der Waals surface area contributed by atoms with E-state index in [1.807, 2.05) is 0 Å². The van der Waals surface area contributed by atoms with E-state index in [-0.39, 0.29) is 6.04 Å². The maximum atomic E-state index is 13.6. The fourth-order valence-electron chi connectivity index (χ4n) is 1.74. The van der Waals surface area contributed by atoms with Crippen LogP contribution in [0.25, 0.3) is 0 Å². The highest BCUT2D eigenvalue weighted by Gasteiger charge is 2.12. The van der Waals surface area contributed by atoms with Crippen LogP contribution in [-0.2, 0) is 6.54 Å². The predicted molar refractivity (Wildman–Crippen MR) is 70.6 cm³/mol. The van der Waals surface area contributed by atoms with E-state index in [4.69, 9.17) is 5.26 Å². The molecule has 1 N–H and O–H groups in total. The molecule has 5 heteroatoms. The Morgan fingerprint density at radius 2 is 2.16 bits per heavy atom. The second-order valence-electron chi connectivity index (χ2n) is 4.18. The Balaban J connectivity index is 2.03. The van der Waals surface area contributed by atoms with Crippen LogP contribution in [0, 0.1) is 23.0 Å². The Hall–Kier alpha value is -1.77. The summed E-state index contributed by atoms with van der Waals surface area (Å²) in [5.74, 6) is -0.877. The summed E-state index contributed by atoms with van der Waals surface area (Å²) in [6.45, 7) is 2.29. The molecule has 1 atom stereocenters. The molecule has 0 spiro atoms. The molecule has 0 aliphatic rings. The summed E-state index contributed by atoms with van der Waals surface area (Å²) in [5, 5.41) is 13.6. The summed E-state index contributed by atoms with van der Waals surface area (Å²) < 4.78 is 26.6. The van der Waals surface area contributed by atoms with Gasteiger partial charge in [-0.05, 0) is 31.2 Å². The Kier molecular flexibility index (Phi) is 4.25. The molecule has 1 aromatic carbocycles. The van der Waals surface area contributed by atoms with Gasteiger partial charge in [0.1, 0.15) is 17.7 Å². The minimum absolute atomic E-state index is 0.302. The van der Waals surface area contributed by atoms with Crippen molar-refractivity contribution in [3.05, 3.63) is 57.3 Å². The lowest BCUT2D eigenvalue weighted by Gasteiger charge is -2.14. The summed E-state index contributed by atoms with van der Waals surface area (Å²) in [6, 6.07) is 6.96. The van der Waals surface area contributed by atoms with Crippen LogP contribution in [0.4, 0.5) is 8.78 Å². The fourth-order valence-corrected chi connectivity index (χ4v) is 2.50. The molecule has 19 heavy (non-hydrogen) atoms. The average molecular weight is 278 g/mol. The molecule has 2 nitrogen and oxygen atoms in total. The lowest BCUT2D eigenvalue weighted by atomic mass is 10.1. The number of benzene rings is 1. The number of nitriles is 1. The van der Waals surface area contributed by atoms with Crippen molar-refractivity contribution in [2.45, 2.75) is 19.5 Å². The van der Waals surface area contributed by atoms with Gasteiger partial charge in [0.15, 0.2) is 0 Å². The first-order valence-electron chi connectivity index (χ1n) is 5.76. The van der Waals surface area contributed by atoms with E-state index < -0.39 is 11.6 Å². The van der Waals surface area contributed by atoms with E-state index in [0.29, 0.717) is 17.7 Å². The van der Waals surface area contributed by atoms with Gasteiger partial charge in [0.25, 0.3) is 0 Å². The number of rotatable bonds is 4. The van der Waals surface area contributed by atoms with Crippen molar-refractivity contribution in [2.75, 3.05) is 0 Å². The third-order valence-electron chi connectivity index (χ3n) is 2.79. The maximum Gasteiger partial charge on any atom is 0.128 e. The number of hydrogen-bond donors (Lipinski definition) is 1. The Morgan fingerprint density at radius 1 is 1.37 bits per heavy atom. The minimum atomic E-state index is -0.451. The predicted octanol–water partition coefficient (Wildman–Crippen LogP) is 3.75. The van der Waals surface area contributed by atoms with Gasteiger partial charge in [-0.1, -0.05) is 0 Å². The molecule has 0 saturated carbocycles. The van der Waals surface area contributed by atoms with Gasteiger partial charge >= 0.3 is 0 Å². The quantitative estimate of drug-likeness (QED) is 0.924. The zero-order valence-corrected chi connectivity index (χ0v) is 11.1. The van der Waals surface area contributed by atoms with E-state index >= 15 is 0 Å². The molecule has 0 bridgehead atoms. The summed E-state index contributed by atoms with van der Waals surface area (Å²) in [7, 11) is 0. The number of nitrogens with one attached hydrogen (secondary N) is 1. The molecular formula is C14H12F2N2S. The molecule has 1 aromatic heterocycles. The third kappa shape index (κ3) is 3.37. The normalized spacial score (nSPS) is 12.1. The summed E-state index contributed by atoms with van der Waals surface area (Å²) in [5.41, 5.74) is 0.920. The highest BCUT2D eigenvalue weighted by atomic mass is 32.1. The van der Waals surface area contributed by atoms with Crippen LogP contribution in [0.3, 0.4) is 0 Å². The average Bonchev–Trinajstić information content (AvgIpc) is 2.87. The minimum Gasteiger partial charge on any atom is -0.305 e. The van der Waals surface area contributed by atoms with Gasteiger partial charge in [0.2, 0.25) is 0 Å². The lowest BCUT2D eigenvalue weighted by Crippen LogP contribution is -2.18. The first-order valence-corrected chi connectivity index (χ1v) is 6.64. The highest BCUT2D eigenvalue weighted by Crippen LogP contribution is 2.20. The number of thiophene rings is 1. The van der Waals surface area contributed by atoms with E-state index in [1.165, 1.54) is 17.4 Å². The van der Waals surface area contributed by atoms with Crippen molar-refractivity contribution >= 4 is 11.3 Å². The van der Waals surface area contributed by atoms with Crippen molar-refractivity contribution < 1.29 is 8.78 Å². The molecule has 0 radical (unpaired) electrons. The molecule has 0 amide bonds. The summed E-state index contributed by atoms with van der Waals surface area (Å²) in [4.78, 5) is 0.986. The van der Waals surface area contributed by atoms with Gasteiger partial charge in [-0.25, -0.2) is 8.78 Å². The number of hydrogen-bond acceptors (Lipinski definition) is 3. The van der Waals surface area contributed by atoms with Crippen molar-refractivity contribution in [3.63, 3.8) is 0 Å². The van der Waals surface area contributed by atoms with Crippen LogP contribution in [-0.4, -0.2) is 0 Å². The van der Waals surface area contributed by atoms with E-state index in [2.05, 4.69) is 11.4 Å². The molecule has 2 aromatic rings. The number of halogens is 2. The van der Waals surface area contributed by atoms with Crippen molar-refractivity contribution in [1.82, 2.24) is 5.32 Å². The van der Waals surface area contributed by atoms with Crippen LogP contribution < -0.4 is 5.32 Å². The molecule has 0 aliphatic carbocycles. The molecule has 0 fully saturated rings. The van der Waals surface area contributed by atoms with Crippen LogP contribution in [0.15, 0.2) is 29.6 Å². The molecule has 2 rings (SSSR count). The van der Waals surface area contributed by atoms with Gasteiger partial charge in [0, 0.05) is 28.4 Å². The molecule has 1 unspecified atom stereocenters. The molecular weight excluding hydrogens is 266 g/mol. The molecule has 1 heterocycles. The van der Waals surface area contributed by atoms with Gasteiger partial charge < -0.3 is 5.32 Å². The van der Waals surface area contributed by atoms with Crippen molar-refractivity contribution in [1.29, 1.82) is 5.26 Å². The largest absolute Gasteiger partial charge is 0.305 e. The zero-order chi connectivity index (χ0) is 13.8. The number of nitrogens with zero attached hydrogens (tertiary/aromatic N) is 1. The van der Waals surface area contributed by atoms with E-state index in [0.717, 1.165) is 17.0 Å². The van der Waals surface area contributed by atoms with E-state index in [1.54, 1.807) is 18.4 Å². The Morgan fingerprint density at radius 3 is 2.84 bits per heavy atom. The van der Waals surface area contributed by atoms with Crippen LogP contribution in [0.5, 0.6) is 0 Å². The molecule has 0 saturated heterocycles. The summed E-state index contributed by atoms with van der Waals surface area (Å²) >= 11 is 1.47. The molecule has 0 aliphatic heterocycles. The van der Waals surface area contributed by atoms with Crippen LogP contribution in [0.1, 0.15) is 29.0 Å². The second kappa shape index (κ2) is 5.91. The monoisotopic (exact) mass is 278 g/mol. The SMILES string of the molecule is CC(NCc1cc(C#N)cs1)c1cc(F)ccc1F. The van der Waals surface area contributed by atoms with Crippen LogP contribution in [0.2, 0.25) is 0 Å². The second-order valence-corrected chi connectivity index (χ2v) is 5.18. The smallest absolute Gasteiger partial charge is 0.128 e. The standard InChI is InChI=1S/C14H12F2N2S/c1-9(13-5-11(15)2-3-14(13)16)18-7-12-4-10(6-17)8-19-12/h2-5,8-9,18H,7H2,1H3. The van der Waals surface area contributed by atoms with Gasteiger partial charge in [-0.3, -0.25) is 0 Å². The van der Waals surface area contributed by atoms with E-state index in [9.17, 15) is 8.78 Å². The Bertz CT molecular complexity index is 616. The van der Waals surface area contributed by atoms with Crippen molar-refractivity contribution in [3.8, 4) is 6.07 Å². The highest BCUT2D eigenvalue weighted by molar-refractivity contribution is 7.10. The first kappa shape index (κ1) is 13.7. The third-order valence-corrected chi connectivity index (χ3v) is 3.73. The maximum absolute atomic E-state index is 13.6. The van der Waals surface area contributed by atoms with Gasteiger partial charge in [0.05, 0.1) is 5.56 Å². The first-order chi connectivity index (χ1) is 9.10. The van der Waals surface area contributed by atoms with Gasteiger partial charge in [-0.15, -0.1) is 11.3 Å². The lowest BCUT2D eigenvalue weighted by molar-refractivity contribution is 0.520. The van der Waals surface area contributed by atoms with Crippen molar-refractivity contribution in [2.24, 2.45) is 0 Å². The summed E-state index contributed by atoms with van der Waals surface area (Å²) in [6.07, 6.45) is 0. The molecule has 98 valence electrons. The fraction of sp³-hybridized carbons (Fsp3) is 0.214. The van der Waals surface area contributed by atoms with Gasteiger partial charge in [-0.2, -0.15) is 5.26 Å². The zero-order valence-electron chi connectivity index (χ0n) is 10.3.